The number of hydrogen-bond acceptors (Lipinski definition) is 4. The van der Waals surface area contributed by atoms with Gasteiger partial charge in [-0.3, -0.25) is 4.79 Å². The lowest BCUT2D eigenvalue weighted by Crippen LogP contribution is -2.15. The van der Waals surface area contributed by atoms with Crippen molar-refractivity contribution in [1.82, 2.24) is 0 Å². The van der Waals surface area contributed by atoms with E-state index in [2.05, 4.69) is 4.74 Å². The first-order valence-corrected chi connectivity index (χ1v) is 7.45. The van der Waals surface area contributed by atoms with E-state index in [0.717, 1.165) is 7.11 Å². The molecular formula is C17H17F4NO3. The van der Waals surface area contributed by atoms with Crippen molar-refractivity contribution >= 4 is 5.97 Å². The van der Waals surface area contributed by atoms with E-state index in [4.69, 9.17) is 10.00 Å². The molecule has 8 heteroatoms. The number of benzene rings is 1. The maximum Gasteiger partial charge on any atom is 0.311 e. The van der Waals surface area contributed by atoms with E-state index in [1.165, 1.54) is 0 Å². The quantitative estimate of drug-likeness (QED) is 0.458. The second-order valence-electron chi connectivity index (χ2n) is 6.72. The maximum atomic E-state index is 14.0. The second-order valence-corrected chi connectivity index (χ2v) is 6.72. The fraction of sp³-hybridized carbons (Fsp3) is 0.529. The number of nitrogens with zero attached hydrogens (tertiary/aromatic N) is 1. The highest BCUT2D eigenvalue weighted by Gasteiger charge is 2.73. The highest BCUT2D eigenvalue weighted by Crippen LogP contribution is 2.68. The number of carbonyl (C=O) groups is 1. The van der Waals surface area contributed by atoms with E-state index in [1.807, 2.05) is 6.07 Å². The van der Waals surface area contributed by atoms with Gasteiger partial charge < -0.3 is 9.47 Å². The molecular weight excluding hydrogens is 342 g/mol. The Morgan fingerprint density at radius 3 is 1.84 bits per heavy atom. The summed E-state index contributed by atoms with van der Waals surface area (Å²) in [5, 5.41) is 9.16. The Hall–Kier alpha value is -2.14. The fourth-order valence-electron chi connectivity index (χ4n) is 3.07. The van der Waals surface area contributed by atoms with E-state index in [1.54, 1.807) is 20.8 Å². The minimum atomic E-state index is -1.64. The second kappa shape index (κ2) is 6.30. The molecule has 1 aromatic carbocycles. The number of methoxy groups -OCH3 is 1. The van der Waals surface area contributed by atoms with Gasteiger partial charge in [-0.15, -0.1) is 0 Å². The van der Waals surface area contributed by atoms with Gasteiger partial charge in [0.05, 0.1) is 35.1 Å². The van der Waals surface area contributed by atoms with Crippen molar-refractivity contribution in [2.24, 2.45) is 16.7 Å². The number of hydrogen-bond donors (Lipinski definition) is 0. The minimum Gasteiger partial charge on any atom is -0.460 e. The van der Waals surface area contributed by atoms with Gasteiger partial charge >= 0.3 is 5.97 Å². The lowest BCUT2D eigenvalue weighted by atomic mass is 10.0. The smallest absolute Gasteiger partial charge is 0.311 e. The van der Waals surface area contributed by atoms with Crippen molar-refractivity contribution in [3.63, 3.8) is 0 Å². The van der Waals surface area contributed by atoms with Crippen LogP contribution in [0.25, 0.3) is 0 Å². The van der Waals surface area contributed by atoms with Gasteiger partial charge in [0.2, 0.25) is 0 Å². The van der Waals surface area contributed by atoms with Crippen LogP contribution in [0, 0.1) is 51.3 Å². The standard InChI is InChI=1S/C17H17F4NO3/c1-16(2)14(17(16,3)7-22)15(23)25-6-9-12(20)10(18)8(5-24-4)11(19)13(9)21/h14H,5-6H2,1-4H3/t14-,17+/m1/s1. The maximum absolute atomic E-state index is 14.0. The monoisotopic (exact) mass is 359 g/mol. The van der Waals surface area contributed by atoms with E-state index in [-0.39, 0.29) is 0 Å². The average Bonchev–Trinajstić information content (AvgIpc) is 3.02. The van der Waals surface area contributed by atoms with Crippen LogP contribution in [-0.2, 0) is 27.5 Å². The number of halogens is 4. The van der Waals surface area contributed by atoms with Crippen LogP contribution in [0.15, 0.2) is 0 Å². The Morgan fingerprint density at radius 2 is 1.48 bits per heavy atom. The van der Waals surface area contributed by atoms with Crippen LogP contribution in [-0.4, -0.2) is 13.1 Å². The van der Waals surface area contributed by atoms with Gasteiger partial charge in [0.1, 0.15) is 6.61 Å². The molecule has 0 saturated heterocycles. The third-order valence-electron chi connectivity index (χ3n) is 5.11. The zero-order valence-corrected chi connectivity index (χ0v) is 14.2. The zero-order chi connectivity index (χ0) is 19.2. The molecule has 0 bridgehead atoms. The summed E-state index contributed by atoms with van der Waals surface area (Å²) >= 11 is 0. The molecule has 1 aromatic rings. The summed E-state index contributed by atoms with van der Waals surface area (Å²) in [5.74, 6) is -8.12. The summed E-state index contributed by atoms with van der Waals surface area (Å²) in [7, 11) is 1.12. The SMILES string of the molecule is COCc1c(F)c(F)c(COC(=O)[C@@H]2C(C)(C)[C@@]2(C)C#N)c(F)c1F. The Kier molecular flexibility index (Phi) is 4.83. The van der Waals surface area contributed by atoms with Crippen molar-refractivity contribution in [2.45, 2.75) is 34.0 Å². The first kappa shape index (κ1) is 19.2. The predicted octanol–water partition coefficient (Wildman–Crippen LogP) is 3.62. The molecule has 1 saturated carbocycles. The van der Waals surface area contributed by atoms with Gasteiger partial charge in [0, 0.05) is 7.11 Å². The number of esters is 1. The molecule has 1 aliphatic rings. The molecule has 2 atom stereocenters. The van der Waals surface area contributed by atoms with Gasteiger partial charge in [-0.05, 0) is 12.3 Å². The Balaban J connectivity index is 2.23. The molecule has 0 aromatic heterocycles. The van der Waals surface area contributed by atoms with Crippen molar-refractivity contribution < 1.29 is 31.8 Å². The number of rotatable bonds is 5. The fourth-order valence-corrected chi connectivity index (χ4v) is 3.07. The molecule has 0 spiro atoms. The van der Waals surface area contributed by atoms with Crippen molar-refractivity contribution in [1.29, 1.82) is 5.26 Å². The normalized spacial score (nSPS) is 23.9. The molecule has 0 amide bonds. The molecule has 1 fully saturated rings. The van der Waals surface area contributed by atoms with Gasteiger partial charge in [-0.25, -0.2) is 17.6 Å². The number of carbonyl (C=O) groups excluding carboxylic acids is 1. The summed E-state index contributed by atoms with van der Waals surface area (Å²) in [5.41, 5.74) is -3.55. The lowest BCUT2D eigenvalue weighted by molar-refractivity contribution is -0.148. The van der Waals surface area contributed by atoms with Gasteiger partial charge in [-0.1, -0.05) is 13.8 Å². The Labute approximate surface area is 142 Å². The van der Waals surface area contributed by atoms with Gasteiger partial charge in [-0.2, -0.15) is 5.26 Å². The third kappa shape index (κ3) is 2.76. The first-order valence-electron chi connectivity index (χ1n) is 7.45. The Bertz CT molecular complexity index is 743. The topological polar surface area (TPSA) is 59.3 Å². The van der Waals surface area contributed by atoms with Crippen LogP contribution < -0.4 is 0 Å². The van der Waals surface area contributed by atoms with E-state index in [0.29, 0.717) is 0 Å². The summed E-state index contributed by atoms with van der Waals surface area (Å²) < 4.78 is 65.0. The summed E-state index contributed by atoms with van der Waals surface area (Å²) in [6.07, 6.45) is 0. The van der Waals surface area contributed by atoms with Gasteiger partial charge in [0.25, 0.3) is 0 Å². The van der Waals surface area contributed by atoms with Crippen molar-refractivity contribution in [2.75, 3.05) is 7.11 Å². The van der Waals surface area contributed by atoms with E-state index in [9.17, 15) is 22.4 Å². The van der Waals surface area contributed by atoms with E-state index < -0.39 is 70.3 Å². The van der Waals surface area contributed by atoms with E-state index >= 15 is 0 Å². The van der Waals surface area contributed by atoms with Crippen LogP contribution in [0.2, 0.25) is 0 Å². The molecule has 4 nitrogen and oxygen atoms in total. The number of nitriles is 1. The van der Waals surface area contributed by atoms with Gasteiger partial charge in [0.15, 0.2) is 23.3 Å². The summed E-state index contributed by atoms with van der Waals surface area (Å²) in [6, 6.07) is 2.01. The molecule has 136 valence electrons. The number of ether oxygens (including phenoxy) is 2. The predicted molar refractivity (Wildman–Crippen MR) is 77.8 cm³/mol. The highest BCUT2D eigenvalue weighted by molar-refractivity contribution is 5.80. The molecule has 1 aliphatic carbocycles. The third-order valence-corrected chi connectivity index (χ3v) is 5.11. The van der Waals surface area contributed by atoms with Crippen LogP contribution in [0.5, 0.6) is 0 Å². The zero-order valence-electron chi connectivity index (χ0n) is 14.2. The Morgan fingerprint density at radius 1 is 1.04 bits per heavy atom. The largest absolute Gasteiger partial charge is 0.460 e. The average molecular weight is 359 g/mol. The van der Waals surface area contributed by atoms with Crippen LogP contribution in [0.3, 0.4) is 0 Å². The van der Waals surface area contributed by atoms with Crippen LogP contribution in [0.4, 0.5) is 17.6 Å². The van der Waals surface area contributed by atoms with Crippen LogP contribution >= 0.6 is 0 Å². The first-order chi connectivity index (χ1) is 11.5. The molecule has 0 N–H and O–H groups in total. The van der Waals surface area contributed by atoms with Crippen LogP contribution in [0.1, 0.15) is 31.9 Å². The lowest BCUT2D eigenvalue weighted by Gasteiger charge is -2.12. The molecule has 0 unspecified atom stereocenters. The van der Waals surface area contributed by atoms with Crippen molar-refractivity contribution in [3.8, 4) is 6.07 Å². The molecule has 0 aliphatic heterocycles. The molecule has 0 heterocycles. The summed E-state index contributed by atoms with van der Waals surface area (Å²) in [6.45, 7) is 3.30. The van der Waals surface area contributed by atoms with Crippen molar-refractivity contribution in [3.05, 3.63) is 34.4 Å². The minimum absolute atomic E-state index is 0.650. The highest BCUT2D eigenvalue weighted by atomic mass is 19.2. The molecule has 25 heavy (non-hydrogen) atoms. The molecule has 0 radical (unpaired) electrons. The summed E-state index contributed by atoms with van der Waals surface area (Å²) in [4.78, 5) is 12.1. The molecule has 2 rings (SSSR count).